The molecule has 1 heterocycles. The van der Waals surface area contributed by atoms with Crippen LogP contribution in [0.5, 0.6) is 5.75 Å². The van der Waals surface area contributed by atoms with Gasteiger partial charge in [0.2, 0.25) is 0 Å². The fourth-order valence-electron chi connectivity index (χ4n) is 2.88. The van der Waals surface area contributed by atoms with E-state index in [1.165, 1.54) is 18.0 Å². The van der Waals surface area contributed by atoms with Gasteiger partial charge in [-0.05, 0) is 43.2 Å². The van der Waals surface area contributed by atoms with E-state index in [0.29, 0.717) is 28.7 Å². The van der Waals surface area contributed by atoms with E-state index in [0.717, 1.165) is 17.1 Å². The quantitative estimate of drug-likeness (QED) is 0.173. The van der Waals surface area contributed by atoms with Gasteiger partial charge in [-0.15, -0.1) is 16.8 Å². The third-order valence-corrected chi connectivity index (χ3v) is 6.11. The molecule has 8 nitrogen and oxygen atoms in total. The van der Waals surface area contributed by atoms with Crippen LogP contribution in [0.15, 0.2) is 65.4 Å². The lowest BCUT2D eigenvalue weighted by molar-refractivity contribution is -0.120. The molecular weight excluding hydrogens is 460 g/mol. The molecule has 1 aromatic heterocycles. The van der Waals surface area contributed by atoms with Crippen LogP contribution in [-0.4, -0.2) is 37.2 Å². The van der Waals surface area contributed by atoms with Crippen LogP contribution in [0.25, 0.3) is 0 Å². The second-order valence-electron chi connectivity index (χ2n) is 7.16. The summed E-state index contributed by atoms with van der Waals surface area (Å²) >= 11 is 7.28. The highest BCUT2D eigenvalue weighted by atomic mass is 35.5. The molecule has 0 aliphatic carbocycles. The molecule has 3 N–H and O–H groups in total. The molecule has 0 saturated heterocycles. The summed E-state index contributed by atoms with van der Waals surface area (Å²) in [6.07, 6.45) is 3.67. The van der Waals surface area contributed by atoms with Crippen molar-refractivity contribution in [2.24, 2.45) is 12.1 Å². The minimum Gasteiger partial charge on any atom is -0.507 e. The molecule has 3 rings (SSSR count). The van der Waals surface area contributed by atoms with Gasteiger partial charge in [0.05, 0.1) is 18.0 Å². The number of carbonyl (C=O) groups excluding carboxylic acids is 1. The van der Waals surface area contributed by atoms with E-state index in [2.05, 4.69) is 32.6 Å². The number of halogens is 1. The zero-order valence-electron chi connectivity index (χ0n) is 18.3. The number of aromatic hydroxyl groups is 1. The SMILES string of the molecule is C=CCc1cccc(/C=N/NC(=O)C(C)Sc2nnc(CNc3cccc(Cl)c3)n2C)c1O. The van der Waals surface area contributed by atoms with Gasteiger partial charge >= 0.3 is 0 Å². The number of para-hydroxylation sites is 1. The molecule has 10 heteroatoms. The molecular formula is C23H25ClN6O2S. The highest BCUT2D eigenvalue weighted by Crippen LogP contribution is 2.23. The number of benzene rings is 2. The van der Waals surface area contributed by atoms with Crippen molar-refractivity contribution in [1.82, 2.24) is 20.2 Å². The summed E-state index contributed by atoms with van der Waals surface area (Å²) < 4.78 is 1.83. The fourth-order valence-corrected chi connectivity index (χ4v) is 3.90. The molecule has 0 spiro atoms. The average molecular weight is 485 g/mol. The zero-order chi connectivity index (χ0) is 23.8. The predicted octanol–water partition coefficient (Wildman–Crippen LogP) is 4.15. The van der Waals surface area contributed by atoms with Gasteiger partial charge in [0, 0.05) is 23.3 Å². The smallest absolute Gasteiger partial charge is 0.253 e. The molecule has 0 aliphatic rings. The van der Waals surface area contributed by atoms with Crippen LogP contribution in [0.4, 0.5) is 5.69 Å². The summed E-state index contributed by atoms with van der Waals surface area (Å²) in [5.41, 5.74) is 4.64. The number of rotatable bonds is 10. The van der Waals surface area contributed by atoms with Crippen molar-refractivity contribution < 1.29 is 9.90 Å². The van der Waals surface area contributed by atoms with Crippen molar-refractivity contribution in [3.05, 3.63) is 77.1 Å². The Hall–Kier alpha value is -3.30. The number of nitrogens with one attached hydrogen (secondary N) is 2. The van der Waals surface area contributed by atoms with E-state index in [4.69, 9.17) is 11.6 Å². The molecule has 0 bridgehead atoms. The van der Waals surface area contributed by atoms with Crippen LogP contribution in [0, 0.1) is 0 Å². The molecule has 1 amide bonds. The Bertz CT molecular complexity index is 1160. The molecule has 0 saturated carbocycles. The highest BCUT2D eigenvalue weighted by Gasteiger charge is 2.18. The van der Waals surface area contributed by atoms with Crippen LogP contribution >= 0.6 is 23.4 Å². The lowest BCUT2D eigenvalue weighted by atomic mass is 10.1. The zero-order valence-corrected chi connectivity index (χ0v) is 19.9. The number of amides is 1. The first-order valence-corrected chi connectivity index (χ1v) is 11.4. The van der Waals surface area contributed by atoms with Crippen molar-refractivity contribution in [2.45, 2.75) is 30.3 Å². The molecule has 3 aromatic rings. The Morgan fingerprint density at radius 3 is 2.88 bits per heavy atom. The standard InChI is InChI=1S/C23H25ClN6O2S/c1-4-7-16-8-5-9-17(21(16)31)13-26-28-22(32)15(2)33-23-29-27-20(30(23)3)14-25-19-11-6-10-18(24)12-19/h4-6,8-13,15,25,31H,1,7,14H2,2-3H3,(H,28,32)/b26-13+. The molecule has 33 heavy (non-hydrogen) atoms. The van der Waals surface area contributed by atoms with Gasteiger partial charge in [-0.25, -0.2) is 5.43 Å². The number of nitrogens with zero attached hydrogens (tertiary/aromatic N) is 4. The van der Waals surface area contributed by atoms with Crippen molar-refractivity contribution >= 4 is 41.2 Å². The Balaban J connectivity index is 1.55. The third-order valence-electron chi connectivity index (χ3n) is 4.75. The maximum absolute atomic E-state index is 12.4. The molecule has 0 aliphatic heterocycles. The lowest BCUT2D eigenvalue weighted by Crippen LogP contribution is -2.27. The van der Waals surface area contributed by atoms with Gasteiger partial charge in [-0.2, -0.15) is 5.10 Å². The summed E-state index contributed by atoms with van der Waals surface area (Å²) in [7, 11) is 1.85. The summed E-state index contributed by atoms with van der Waals surface area (Å²) in [6, 6.07) is 12.8. The van der Waals surface area contributed by atoms with E-state index in [1.54, 1.807) is 19.1 Å². The van der Waals surface area contributed by atoms with Gasteiger partial charge in [0.1, 0.15) is 5.75 Å². The topological polar surface area (TPSA) is 104 Å². The normalized spacial score (nSPS) is 12.0. The minimum absolute atomic E-state index is 0.121. The number of anilines is 1. The summed E-state index contributed by atoms with van der Waals surface area (Å²) in [5.74, 6) is 0.549. The molecule has 1 unspecified atom stereocenters. The van der Waals surface area contributed by atoms with Gasteiger partial charge in [-0.1, -0.05) is 47.6 Å². The van der Waals surface area contributed by atoms with Crippen LogP contribution < -0.4 is 10.7 Å². The first-order valence-electron chi connectivity index (χ1n) is 10.2. The number of phenolic OH excluding ortho intramolecular Hbond substituents is 1. The Kier molecular flexibility index (Phi) is 8.51. The van der Waals surface area contributed by atoms with E-state index in [-0.39, 0.29) is 11.7 Å². The van der Waals surface area contributed by atoms with E-state index in [9.17, 15) is 9.90 Å². The van der Waals surface area contributed by atoms with Crippen LogP contribution in [0.3, 0.4) is 0 Å². The van der Waals surface area contributed by atoms with Crippen molar-refractivity contribution in [2.75, 3.05) is 5.32 Å². The van der Waals surface area contributed by atoms with Crippen molar-refractivity contribution in [1.29, 1.82) is 0 Å². The molecule has 2 aromatic carbocycles. The predicted molar refractivity (Wildman–Crippen MR) is 133 cm³/mol. The number of hydrogen-bond donors (Lipinski definition) is 3. The number of carbonyl (C=O) groups is 1. The Morgan fingerprint density at radius 2 is 2.12 bits per heavy atom. The van der Waals surface area contributed by atoms with Crippen molar-refractivity contribution in [3.8, 4) is 5.75 Å². The largest absolute Gasteiger partial charge is 0.507 e. The minimum atomic E-state index is -0.459. The summed E-state index contributed by atoms with van der Waals surface area (Å²) in [6.45, 7) is 5.90. The number of aromatic nitrogens is 3. The van der Waals surface area contributed by atoms with Gasteiger partial charge in [0.25, 0.3) is 5.91 Å². The Labute approximate surface area is 201 Å². The van der Waals surface area contributed by atoms with E-state index in [1.807, 2.05) is 48.0 Å². The highest BCUT2D eigenvalue weighted by molar-refractivity contribution is 8.00. The first-order chi connectivity index (χ1) is 15.9. The number of thioether (sulfide) groups is 1. The number of hydrogen-bond acceptors (Lipinski definition) is 7. The summed E-state index contributed by atoms with van der Waals surface area (Å²) in [5, 5.41) is 26.7. The van der Waals surface area contributed by atoms with E-state index >= 15 is 0 Å². The van der Waals surface area contributed by atoms with Crippen molar-refractivity contribution in [3.63, 3.8) is 0 Å². The molecule has 1 atom stereocenters. The number of allylic oxidation sites excluding steroid dienone is 1. The Morgan fingerprint density at radius 1 is 1.33 bits per heavy atom. The van der Waals surface area contributed by atoms with E-state index < -0.39 is 5.25 Å². The maximum Gasteiger partial charge on any atom is 0.253 e. The molecule has 172 valence electrons. The maximum atomic E-state index is 12.4. The molecule has 0 fully saturated rings. The second kappa shape index (κ2) is 11.5. The van der Waals surface area contributed by atoms with Gasteiger partial charge in [0.15, 0.2) is 11.0 Å². The first kappa shape index (κ1) is 24.3. The molecule has 0 radical (unpaired) electrons. The number of phenols is 1. The van der Waals surface area contributed by atoms with Crippen LogP contribution in [-0.2, 0) is 24.8 Å². The van der Waals surface area contributed by atoms with Crippen LogP contribution in [0.2, 0.25) is 5.02 Å². The number of hydrazone groups is 1. The lowest BCUT2D eigenvalue weighted by Gasteiger charge is -2.10. The summed E-state index contributed by atoms with van der Waals surface area (Å²) in [4.78, 5) is 12.4. The average Bonchev–Trinajstić information content (AvgIpc) is 3.14. The second-order valence-corrected chi connectivity index (χ2v) is 8.91. The third kappa shape index (κ3) is 6.59. The van der Waals surface area contributed by atoms with Gasteiger partial charge in [-0.3, -0.25) is 4.79 Å². The van der Waals surface area contributed by atoms with Gasteiger partial charge < -0.3 is 15.0 Å². The van der Waals surface area contributed by atoms with Crippen LogP contribution in [0.1, 0.15) is 23.9 Å². The fraction of sp³-hybridized carbons (Fsp3) is 0.217. The monoisotopic (exact) mass is 484 g/mol.